The fourth-order valence-corrected chi connectivity index (χ4v) is 1.36. The van der Waals surface area contributed by atoms with E-state index in [-0.39, 0.29) is 6.61 Å². The number of nitrogens with zero attached hydrogens (tertiary/aromatic N) is 1. The van der Waals surface area contributed by atoms with Crippen molar-refractivity contribution >= 4 is 23.1 Å². The second kappa shape index (κ2) is 4.52. The van der Waals surface area contributed by atoms with Crippen LogP contribution in [0.5, 0.6) is 0 Å². The van der Waals surface area contributed by atoms with E-state index in [2.05, 4.69) is 20.0 Å². The number of aromatic amines is 1. The Kier molecular flexibility index (Phi) is 2.90. The van der Waals surface area contributed by atoms with Crippen LogP contribution in [0.3, 0.4) is 0 Å². The molecule has 0 unspecified atom stereocenters. The Hall–Kier alpha value is -2.24. The molecular weight excluding hydrogens is 208 g/mol. The predicted molar refractivity (Wildman–Crippen MR) is 60.1 cm³/mol. The monoisotopic (exact) mass is 220 g/mol. The smallest absolute Gasteiger partial charge is 0.404 e. The summed E-state index contributed by atoms with van der Waals surface area (Å²) in [7, 11) is 0. The number of primary amides is 1. The molecule has 0 saturated heterocycles. The van der Waals surface area contributed by atoms with Gasteiger partial charge in [0.1, 0.15) is 6.61 Å². The van der Waals surface area contributed by atoms with Gasteiger partial charge in [-0.15, -0.1) is 0 Å². The van der Waals surface area contributed by atoms with Crippen LogP contribution in [-0.4, -0.2) is 29.2 Å². The number of ether oxygens (including phenoxy) is 1. The summed E-state index contributed by atoms with van der Waals surface area (Å²) >= 11 is 0. The molecule has 6 heteroatoms. The van der Waals surface area contributed by atoms with Crippen LogP contribution in [0, 0.1) is 0 Å². The van der Waals surface area contributed by atoms with Crippen molar-refractivity contribution in [1.82, 2.24) is 9.97 Å². The number of fused-ring (bicyclic) bond motifs is 1. The third-order valence-corrected chi connectivity index (χ3v) is 2.03. The minimum absolute atomic E-state index is 0.215. The number of benzene rings is 1. The zero-order valence-electron chi connectivity index (χ0n) is 8.56. The Labute approximate surface area is 91.8 Å². The van der Waals surface area contributed by atoms with Gasteiger partial charge in [-0.05, 0) is 12.1 Å². The normalized spacial score (nSPS) is 10.2. The topological polar surface area (TPSA) is 93.0 Å². The quantitative estimate of drug-likeness (QED) is 0.672. The van der Waals surface area contributed by atoms with Gasteiger partial charge >= 0.3 is 6.09 Å². The van der Waals surface area contributed by atoms with E-state index in [0.717, 1.165) is 11.0 Å². The van der Waals surface area contributed by atoms with E-state index < -0.39 is 6.09 Å². The van der Waals surface area contributed by atoms with E-state index in [4.69, 9.17) is 5.73 Å². The van der Waals surface area contributed by atoms with Crippen LogP contribution < -0.4 is 11.1 Å². The predicted octanol–water partition coefficient (Wildman–Crippen LogP) is 1.07. The fourth-order valence-electron chi connectivity index (χ4n) is 1.36. The summed E-state index contributed by atoms with van der Waals surface area (Å²) in [5.41, 5.74) is 6.67. The lowest BCUT2D eigenvalue weighted by atomic mass is 10.3. The Morgan fingerprint density at radius 1 is 1.50 bits per heavy atom. The van der Waals surface area contributed by atoms with Gasteiger partial charge in [0.05, 0.1) is 17.6 Å². The molecule has 6 nitrogen and oxygen atoms in total. The molecule has 0 aliphatic carbocycles. The van der Waals surface area contributed by atoms with Crippen molar-refractivity contribution in [1.29, 1.82) is 0 Å². The number of hydrogen-bond donors (Lipinski definition) is 3. The maximum absolute atomic E-state index is 10.3. The highest BCUT2D eigenvalue weighted by Gasteiger charge is 2.00. The number of amides is 1. The summed E-state index contributed by atoms with van der Waals surface area (Å²) in [6.45, 7) is 0.676. The van der Waals surface area contributed by atoms with Crippen LogP contribution in [0.1, 0.15) is 0 Å². The Bertz CT molecular complexity index is 461. The highest BCUT2D eigenvalue weighted by molar-refractivity contribution is 5.77. The molecule has 2 aromatic rings. The van der Waals surface area contributed by atoms with Gasteiger partial charge in [0, 0.05) is 0 Å². The molecule has 0 radical (unpaired) electrons. The number of carbonyl (C=O) groups is 1. The van der Waals surface area contributed by atoms with Crippen LogP contribution in [0.4, 0.5) is 10.7 Å². The van der Waals surface area contributed by atoms with Crippen molar-refractivity contribution in [2.24, 2.45) is 5.73 Å². The molecule has 1 heterocycles. The number of anilines is 1. The van der Waals surface area contributed by atoms with Gasteiger partial charge in [-0.2, -0.15) is 0 Å². The highest BCUT2D eigenvalue weighted by atomic mass is 16.5. The highest BCUT2D eigenvalue weighted by Crippen LogP contribution is 2.12. The van der Waals surface area contributed by atoms with E-state index in [1.165, 1.54) is 0 Å². The molecule has 1 aromatic heterocycles. The van der Waals surface area contributed by atoms with E-state index in [9.17, 15) is 4.79 Å². The molecule has 0 fully saturated rings. The third kappa shape index (κ3) is 2.41. The minimum Gasteiger partial charge on any atom is -0.448 e. The van der Waals surface area contributed by atoms with Crippen molar-refractivity contribution in [2.75, 3.05) is 18.5 Å². The second-order valence-corrected chi connectivity index (χ2v) is 3.20. The third-order valence-electron chi connectivity index (χ3n) is 2.03. The second-order valence-electron chi connectivity index (χ2n) is 3.20. The molecule has 0 saturated carbocycles. The van der Waals surface area contributed by atoms with Crippen molar-refractivity contribution in [2.45, 2.75) is 0 Å². The lowest BCUT2D eigenvalue weighted by Gasteiger charge is -2.01. The molecular formula is C10H12N4O2. The minimum atomic E-state index is -0.772. The molecule has 1 amide bonds. The molecule has 0 aliphatic heterocycles. The molecule has 84 valence electrons. The van der Waals surface area contributed by atoms with Gasteiger partial charge in [-0.1, -0.05) is 12.1 Å². The molecule has 4 N–H and O–H groups in total. The average molecular weight is 220 g/mol. The fraction of sp³-hybridized carbons (Fsp3) is 0.200. The first-order valence-electron chi connectivity index (χ1n) is 4.86. The summed E-state index contributed by atoms with van der Waals surface area (Å²) in [6.07, 6.45) is -0.772. The molecule has 0 bridgehead atoms. The van der Waals surface area contributed by atoms with Crippen LogP contribution in [0.15, 0.2) is 24.3 Å². The van der Waals surface area contributed by atoms with Crippen LogP contribution >= 0.6 is 0 Å². The van der Waals surface area contributed by atoms with Gasteiger partial charge in [0.15, 0.2) is 0 Å². The first-order chi connectivity index (χ1) is 7.75. The molecule has 0 spiro atoms. The Morgan fingerprint density at radius 2 is 2.31 bits per heavy atom. The van der Waals surface area contributed by atoms with Gasteiger partial charge in [0.25, 0.3) is 0 Å². The van der Waals surface area contributed by atoms with Crippen LogP contribution in [0.2, 0.25) is 0 Å². The molecule has 0 aliphatic rings. The number of nitrogens with two attached hydrogens (primary N) is 1. The summed E-state index contributed by atoms with van der Waals surface area (Å²) < 4.78 is 4.57. The van der Waals surface area contributed by atoms with E-state index in [0.29, 0.717) is 12.5 Å². The van der Waals surface area contributed by atoms with Gasteiger partial charge < -0.3 is 20.8 Å². The van der Waals surface area contributed by atoms with Crippen molar-refractivity contribution in [3.8, 4) is 0 Å². The number of para-hydroxylation sites is 2. The van der Waals surface area contributed by atoms with Crippen molar-refractivity contribution in [3.63, 3.8) is 0 Å². The van der Waals surface area contributed by atoms with E-state index >= 15 is 0 Å². The number of carbonyl (C=O) groups excluding carboxylic acids is 1. The first kappa shape index (κ1) is 10.3. The zero-order valence-corrected chi connectivity index (χ0v) is 8.56. The van der Waals surface area contributed by atoms with Gasteiger partial charge in [-0.25, -0.2) is 9.78 Å². The van der Waals surface area contributed by atoms with Gasteiger partial charge in [-0.3, -0.25) is 0 Å². The van der Waals surface area contributed by atoms with E-state index in [1.807, 2.05) is 24.3 Å². The molecule has 0 atom stereocenters. The first-order valence-corrected chi connectivity index (χ1v) is 4.86. The SMILES string of the molecule is NC(=O)OCCNc1nc2ccccc2[nH]1. The summed E-state index contributed by atoms with van der Waals surface area (Å²) in [4.78, 5) is 17.7. The summed E-state index contributed by atoms with van der Waals surface area (Å²) in [5.74, 6) is 0.647. The molecule has 2 rings (SSSR count). The number of imidazole rings is 1. The summed E-state index contributed by atoms with van der Waals surface area (Å²) in [6, 6.07) is 7.70. The largest absolute Gasteiger partial charge is 0.448 e. The number of H-pyrrole nitrogens is 1. The lowest BCUT2D eigenvalue weighted by molar-refractivity contribution is 0.161. The Balaban J connectivity index is 1.92. The van der Waals surface area contributed by atoms with Crippen LogP contribution in [-0.2, 0) is 4.74 Å². The number of nitrogens with one attached hydrogen (secondary N) is 2. The van der Waals surface area contributed by atoms with Crippen molar-refractivity contribution < 1.29 is 9.53 Å². The summed E-state index contributed by atoms with van der Waals surface area (Å²) in [5, 5.41) is 2.99. The Morgan fingerprint density at radius 3 is 3.06 bits per heavy atom. The number of rotatable bonds is 4. The molecule has 1 aromatic carbocycles. The van der Waals surface area contributed by atoms with Gasteiger partial charge in [0.2, 0.25) is 5.95 Å². The molecule has 16 heavy (non-hydrogen) atoms. The maximum Gasteiger partial charge on any atom is 0.404 e. The zero-order chi connectivity index (χ0) is 11.4. The maximum atomic E-state index is 10.3. The number of aromatic nitrogens is 2. The standard InChI is InChI=1S/C10H12N4O2/c11-9(15)16-6-5-12-10-13-7-3-1-2-4-8(7)14-10/h1-4H,5-6H2,(H2,11,15)(H2,12,13,14). The number of hydrogen-bond acceptors (Lipinski definition) is 4. The van der Waals surface area contributed by atoms with Crippen molar-refractivity contribution in [3.05, 3.63) is 24.3 Å². The average Bonchev–Trinajstić information content (AvgIpc) is 2.66. The lowest BCUT2D eigenvalue weighted by Crippen LogP contribution is -2.18. The van der Waals surface area contributed by atoms with Crippen LogP contribution in [0.25, 0.3) is 11.0 Å². The van der Waals surface area contributed by atoms with E-state index in [1.54, 1.807) is 0 Å².